The van der Waals surface area contributed by atoms with Gasteiger partial charge in [-0.05, 0) is 32.9 Å². The van der Waals surface area contributed by atoms with Gasteiger partial charge in [-0.25, -0.2) is 8.78 Å². The van der Waals surface area contributed by atoms with Crippen LogP contribution >= 0.6 is 0 Å². The molecule has 7 heteroatoms. The van der Waals surface area contributed by atoms with Crippen molar-refractivity contribution < 1.29 is 18.4 Å². The number of nitrogens with one attached hydrogen (secondary N) is 2. The Labute approximate surface area is 115 Å². The van der Waals surface area contributed by atoms with Crippen molar-refractivity contribution >= 4 is 17.5 Å². The summed E-state index contributed by atoms with van der Waals surface area (Å²) < 4.78 is 26.5. The molecule has 0 fully saturated rings. The highest BCUT2D eigenvalue weighted by Gasteiger charge is 2.19. The summed E-state index contributed by atoms with van der Waals surface area (Å²) in [5, 5.41) is 4.96. The summed E-state index contributed by atoms with van der Waals surface area (Å²) in [6.07, 6.45) is 0. The van der Waals surface area contributed by atoms with E-state index in [1.807, 2.05) is 0 Å². The van der Waals surface area contributed by atoms with E-state index >= 15 is 0 Å². The Bertz CT molecular complexity index is 509. The Morgan fingerprint density at radius 2 is 1.60 bits per heavy atom. The Balaban J connectivity index is 2.79. The summed E-state index contributed by atoms with van der Waals surface area (Å²) in [4.78, 5) is 23.4. The maximum atomic E-state index is 13.2. The highest BCUT2D eigenvalue weighted by molar-refractivity contribution is 5.97. The molecule has 0 radical (unpaired) electrons. The third-order valence-electron chi connectivity index (χ3n) is 2.51. The van der Waals surface area contributed by atoms with Gasteiger partial charge in [0.25, 0.3) is 5.91 Å². The molecule has 4 N–H and O–H groups in total. The Kier molecular flexibility index (Phi) is 5.01. The minimum Gasteiger partial charge on any atom is -0.394 e. The average Bonchev–Trinajstić information content (AvgIpc) is 2.34. The van der Waals surface area contributed by atoms with Crippen molar-refractivity contribution in [2.45, 2.75) is 32.9 Å². The van der Waals surface area contributed by atoms with Crippen molar-refractivity contribution in [3.05, 3.63) is 29.3 Å². The molecule has 20 heavy (non-hydrogen) atoms. The number of rotatable bonds is 4. The number of carbonyl (C=O) groups is 2. The van der Waals surface area contributed by atoms with Gasteiger partial charge in [0.15, 0.2) is 0 Å². The molecule has 110 valence electrons. The van der Waals surface area contributed by atoms with Gasteiger partial charge in [-0.15, -0.1) is 0 Å². The first-order valence-corrected chi connectivity index (χ1v) is 6.08. The zero-order valence-electron chi connectivity index (χ0n) is 11.5. The zero-order chi connectivity index (χ0) is 15.4. The van der Waals surface area contributed by atoms with E-state index in [1.54, 1.807) is 13.8 Å². The van der Waals surface area contributed by atoms with Crippen molar-refractivity contribution in [2.75, 3.05) is 5.73 Å². The summed E-state index contributed by atoms with van der Waals surface area (Å²) in [7, 11) is 0. The van der Waals surface area contributed by atoms with Crippen LogP contribution in [0.3, 0.4) is 0 Å². The number of benzene rings is 1. The highest BCUT2D eigenvalue weighted by Crippen LogP contribution is 2.17. The van der Waals surface area contributed by atoms with Gasteiger partial charge < -0.3 is 16.4 Å². The number of hydrogen-bond donors (Lipinski definition) is 3. The van der Waals surface area contributed by atoms with Crippen molar-refractivity contribution in [1.82, 2.24) is 10.6 Å². The van der Waals surface area contributed by atoms with Crippen LogP contribution in [-0.4, -0.2) is 23.9 Å². The van der Waals surface area contributed by atoms with E-state index in [0.29, 0.717) is 0 Å². The number of anilines is 1. The molecule has 5 nitrogen and oxygen atoms in total. The molecular formula is C13H17F2N3O2. The van der Waals surface area contributed by atoms with Gasteiger partial charge in [-0.3, -0.25) is 9.59 Å². The second kappa shape index (κ2) is 6.31. The van der Waals surface area contributed by atoms with Crippen LogP contribution in [0.15, 0.2) is 12.1 Å². The molecule has 0 aliphatic rings. The molecule has 0 aliphatic heterocycles. The Morgan fingerprint density at radius 3 is 2.05 bits per heavy atom. The van der Waals surface area contributed by atoms with Crippen LogP contribution in [0, 0.1) is 11.6 Å². The van der Waals surface area contributed by atoms with Gasteiger partial charge in [0.05, 0.1) is 0 Å². The van der Waals surface area contributed by atoms with E-state index in [-0.39, 0.29) is 17.5 Å². The number of amides is 2. The lowest BCUT2D eigenvalue weighted by Crippen LogP contribution is -2.46. The first kappa shape index (κ1) is 15.9. The first-order chi connectivity index (χ1) is 9.22. The topological polar surface area (TPSA) is 84.2 Å². The predicted molar refractivity (Wildman–Crippen MR) is 71.0 cm³/mol. The maximum Gasteiger partial charge on any atom is 0.252 e. The van der Waals surface area contributed by atoms with Crippen molar-refractivity contribution in [3.8, 4) is 0 Å². The number of carbonyl (C=O) groups excluding carboxylic acids is 2. The summed E-state index contributed by atoms with van der Waals surface area (Å²) >= 11 is 0. The minimum absolute atomic E-state index is 0.0757. The monoisotopic (exact) mass is 285 g/mol. The van der Waals surface area contributed by atoms with Gasteiger partial charge in [0.1, 0.15) is 23.4 Å². The standard InChI is InChI=1S/C13H17F2N3O2/c1-6(2)17-12(19)7(3)18-13(20)8-4-9(14)11(16)10(15)5-8/h4-7H,16H2,1-3H3,(H,17,19)(H,18,20). The van der Waals surface area contributed by atoms with Crippen LogP contribution in [0.5, 0.6) is 0 Å². The highest BCUT2D eigenvalue weighted by atomic mass is 19.1. The molecule has 1 rings (SSSR count). The summed E-state index contributed by atoms with van der Waals surface area (Å²) in [5.41, 5.74) is 4.23. The van der Waals surface area contributed by atoms with E-state index in [9.17, 15) is 18.4 Å². The predicted octanol–water partition coefficient (Wildman–Crippen LogP) is 1.19. The quantitative estimate of drug-likeness (QED) is 0.726. The van der Waals surface area contributed by atoms with E-state index in [2.05, 4.69) is 10.6 Å². The van der Waals surface area contributed by atoms with Gasteiger partial charge in [0, 0.05) is 11.6 Å². The van der Waals surface area contributed by atoms with Crippen LogP contribution in [-0.2, 0) is 4.79 Å². The number of hydrogen-bond acceptors (Lipinski definition) is 3. The second-order valence-corrected chi connectivity index (χ2v) is 4.71. The molecule has 0 saturated heterocycles. The lowest BCUT2D eigenvalue weighted by Gasteiger charge is -2.16. The largest absolute Gasteiger partial charge is 0.394 e. The maximum absolute atomic E-state index is 13.2. The minimum atomic E-state index is -1.02. The molecule has 0 saturated carbocycles. The molecule has 0 aliphatic carbocycles. The molecule has 1 aromatic rings. The number of halogens is 2. The normalized spacial score (nSPS) is 12.1. The molecular weight excluding hydrogens is 268 g/mol. The molecule has 1 unspecified atom stereocenters. The third-order valence-corrected chi connectivity index (χ3v) is 2.51. The van der Waals surface area contributed by atoms with Crippen LogP contribution < -0.4 is 16.4 Å². The summed E-state index contributed by atoms with van der Waals surface area (Å²) in [5.74, 6) is -3.18. The number of nitrogen functional groups attached to an aromatic ring is 1. The zero-order valence-corrected chi connectivity index (χ0v) is 11.5. The van der Waals surface area contributed by atoms with E-state index < -0.39 is 29.3 Å². The SMILES string of the molecule is CC(C)NC(=O)C(C)NC(=O)c1cc(F)c(N)c(F)c1. The fraction of sp³-hybridized carbons (Fsp3) is 0.385. The van der Waals surface area contributed by atoms with E-state index in [1.165, 1.54) is 6.92 Å². The Morgan fingerprint density at radius 1 is 1.10 bits per heavy atom. The molecule has 1 aromatic carbocycles. The molecule has 0 spiro atoms. The molecule has 0 heterocycles. The van der Waals surface area contributed by atoms with E-state index in [0.717, 1.165) is 12.1 Å². The summed E-state index contributed by atoms with van der Waals surface area (Å²) in [6, 6.07) is 0.739. The van der Waals surface area contributed by atoms with Crippen molar-refractivity contribution in [3.63, 3.8) is 0 Å². The van der Waals surface area contributed by atoms with Crippen LogP contribution in [0.1, 0.15) is 31.1 Å². The van der Waals surface area contributed by atoms with Gasteiger partial charge in [0.2, 0.25) is 5.91 Å². The van der Waals surface area contributed by atoms with Gasteiger partial charge >= 0.3 is 0 Å². The molecule has 0 aromatic heterocycles. The molecule has 1 atom stereocenters. The summed E-state index contributed by atoms with van der Waals surface area (Å²) in [6.45, 7) is 5.02. The fourth-order valence-corrected chi connectivity index (χ4v) is 1.47. The van der Waals surface area contributed by atoms with Gasteiger partial charge in [-0.2, -0.15) is 0 Å². The van der Waals surface area contributed by atoms with Crippen LogP contribution in [0.2, 0.25) is 0 Å². The van der Waals surface area contributed by atoms with Crippen molar-refractivity contribution in [2.24, 2.45) is 0 Å². The average molecular weight is 285 g/mol. The lowest BCUT2D eigenvalue weighted by atomic mass is 10.1. The molecule has 0 bridgehead atoms. The van der Waals surface area contributed by atoms with E-state index in [4.69, 9.17) is 5.73 Å². The van der Waals surface area contributed by atoms with Crippen molar-refractivity contribution in [1.29, 1.82) is 0 Å². The van der Waals surface area contributed by atoms with Gasteiger partial charge in [-0.1, -0.05) is 0 Å². The lowest BCUT2D eigenvalue weighted by molar-refractivity contribution is -0.123. The Hall–Kier alpha value is -2.18. The first-order valence-electron chi connectivity index (χ1n) is 6.08. The van der Waals surface area contributed by atoms with Crippen LogP contribution in [0.4, 0.5) is 14.5 Å². The molecule has 2 amide bonds. The van der Waals surface area contributed by atoms with Crippen LogP contribution in [0.25, 0.3) is 0 Å². The third kappa shape index (κ3) is 3.91. The fourth-order valence-electron chi connectivity index (χ4n) is 1.47. The number of nitrogens with two attached hydrogens (primary N) is 1. The smallest absolute Gasteiger partial charge is 0.252 e. The second-order valence-electron chi connectivity index (χ2n) is 4.71.